The Morgan fingerprint density at radius 2 is 1.75 bits per heavy atom. The second-order valence-electron chi connectivity index (χ2n) is 8.34. The van der Waals surface area contributed by atoms with Gasteiger partial charge in [-0.15, -0.1) is 0 Å². The maximum atomic E-state index is 11.4. The number of carboxylic acid groups (broad SMARTS) is 1. The number of rotatable bonds is 11. The van der Waals surface area contributed by atoms with Crippen LogP contribution >= 0.6 is 0 Å². The van der Waals surface area contributed by atoms with Crippen LogP contribution < -0.4 is 9.47 Å². The molecule has 1 aromatic heterocycles. The monoisotopic (exact) mass is 491 g/mol. The van der Waals surface area contributed by atoms with Crippen LogP contribution in [0.25, 0.3) is 22.2 Å². The van der Waals surface area contributed by atoms with Crippen molar-refractivity contribution in [3.63, 3.8) is 0 Å². The maximum Gasteiger partial charge on any atom is 0.335 e. The Morgan fingerprint density at radius 3 is 2.42 bits per heavy atom. The molecule has 2 N–H and O–H groups in total. The number of aliphatic carboxylic acids is 1. The van der Waals surface area contributed by atoms with Crippen LogP contribution in [0, 0.1) is 6.92 Å². The molecular formula is C28H29NO7. The highest BCUT2D eigenvalue weighted by Crippen LogP contribution is 2.33. The number of carbonyl (C=O) groups is 1. The molecule has 2 unspecified atom stereocenters. The van der Waals surface area contributed by atoms with Crippen molar-refractivity contribution < 1.29 is 33.6 Å². The fraction of sp³-hybridized carbons (Fsp3) is 0.286. The molecule has 36 heavy (non-hydrogen) atoms. The number of aromatic nitrogens is 1. The highest BCUT2D eigenvalue weighted by atomic mass is 16.5. The number of fused-ring (bicyclic) bond motifs is 1. The third-order valence-electron chi connectivity index (χ3n) is 6.07. The van der Waals surface area contributed by atoms with Gasteiger partial charge in [0.25, 0.3) is 0 Å². The van der Waals surface area contributed by atoms with E-state index in [1.807, 2.05) is 55.5 Å². The van der Waals surface area contributed by atoms with Crippen LogP contribution in [-0.4, -0.2) is 48.1 Å². The van der Waals surface area contributed by atoms with Crippen molar-refractivity contribution in [2.24, 2.45) is 0 Å². The first-order valence-corrected chi connectivity index (χ1v) is 11.6. The van der Waals surface area contributed by atoms with Gasteiger partial charge in [0.1, 0.15) is 23.4 Å². The van der Waals surface area contributed by atoms with E-state index in [-0.39, 0.29) is 0 Å². The van der Waals surface area contributed by atoms with E-state index in [1.165, 1.54) is 7.11 Å². The summed E-state index contributed by atoms with van der Waals surface area (Å²) in [7, 11) is 2.89. The second kappa shape index (κ2) is 11.2. The van der Waals surface area contributed by atoms with Crippen LogP contribution in [-0.2, 0) is 16.0 Å². The van der Waals surface area contributed by atoms with Gasteiger partial charge in [0.05, 0.1) is 19.4 Å². The zero-order chi connectivity index (χ0) is 25.7. The molecule has 4 aromatic rings. The van der Waals surface area contributed by atoms with Gasteiger partial charge in [-0.1, -0.05) is 30.3 Å². The van der Waals surface area contributed by atoms with Crippen LogP contribution in [0.5, 0.6) is 11.5 Å². The summed E-state index contributed by atoms with van der Waals surface area (Å²) in [5.74, 6) is 1.54. The first-order valence-electron chi connectivity index (χ1n) is 11.6. The Bertz CT molecular complexity index is 1330. The van der Waals surface area contributed by atoms with E-state index in [2.05, 4.69) is 4.98 Å². The zero-order valence-corrected chi connectivity index (χ0v) is 20.4. The molecule has 0 spiro atoms. The topological polar surface area (TPSA) is 111 Å². The molecule has 188 valence electrons. The van der Waals surface area contributed by atoms with Gasteiger partial charge >= 0.3 is 5.97 Å². The first-order chi connectivity index (χ1) is 17.4. The molecule has 3 aromatic carbocycles. The van der Waals surface area contributed by atoms with Crippen molar-refractivity contribution in [2.75, 3.05) is 20.8 Å². The lowest BCUT2D eigenvalue weighted by molar-refractivity contribution is -0.155. The standard InChI is InChI=1S/C28H29NO7/c1-17-23(29-27(36-17)18-10-12-19(33-2)13-11-18)9-6-16-35-24-15-14-22(20-7-4-5-8-21(20)24)25(30)26(34-3)28(31)32/h4-5,7-8,10-15,25-26,30H,6,9,16H2,1-3H3,(H,31,32). The molecule has 0 saturated carbocycles. The second-order valence-corrected chi connectivity index (χ2v) is 8.34. The van der Waals surface area contributed by atoms with Crippen molar-refractivity contribution in [3.05, 3.63) is 77.7 Å². The lowest BCUT2D eigenvalue weighted by Gasteiger charge is -2.20. The number of aryl methyl sites for hydroxylation is 2. The summed E-state index contributed by atoms with van der Waals surface area (Å²) < 4.78 is 22.1. The molecule has 0 fully saturated rings. The van der Waals surface area contributed by atoms with Crippen molar-refractivity contribution >= 4 is 16.7 Å². The molecule has 0 radical (unpaired) electrons. The van der Waals surface area contributed by atoms with Crippen LogP contribution in [0.2, 0.25) is 0 Å². The van der Waals surface area contributed by atoms with E-state index >= 15 is 0 Å². The molecule has 0 aliphatic heterocycles. The zero-order valence-electron chi connectivity index (χ0n) is 20.4. The van der Waals surface area contributed by atoms with E-state index in [0.29, 0.717) is 35.6 Å². The van der Waals surface area contributed by atoms with Gasteiger partial charge in [-0.2, -0.15) is 0 Å². The number of benzene rings is 3. The fourth-order valence-corrected chi connectivity index (χ4v) is 4.15. The van der Waals surface area contributed by atoms with Gasteiger partial charge in [0, 0.05) is 18.1 Å². The summed E-state index contributed by atoms with van der Waals surface area (Å²) in [6.45, 7) is 2.35. The van der Waals surface area contributed by atoms with Crippen LogP contribution in [0.3, 0.4) is 0 Å². The van der Waals surface area contributed by atoms with Crippen molar-refractivity contribution in [1.29, 1.82) is 0 Å². The van der Waals surface area contributed by atoms with Gasteiger partial charge in [-0.25, -0.2) is 9.78 Å². The highest BCUT2D eigenvalue weighted by molar-refractivity contribution is 5.92. The Kier molecular flexibility index (Phi) is 7.87. The van der Waals surface area contributed by atoms with Crippen molar-refractivity contribution in [2.45, 2.75) is 32.0 Å². The third kappa shape index (κ3) is 5.35. The van der Waals surface area contributed by atoms with E-state index in [9.17, 15) is 15.0 Å². The number of methoxy groups -OCH3 is 2. The predicted octanol–water partition coefficient (Wildman–Crippen LogP) is 4.96. The van der Waals surface area contributed by atoms with Gasteiger partial charge in [-0.05, 0) is 61.0 Å². The van der Waals surface area contributed by atoms with Crippen LogP contribution in [0.15, 0.2) is 65.1 Å². The minimum absolute atomic E-state index is 0.450. The average Bonchev–Trinajstić information content (AvgIpc) is 3.26. The molecule has 0 saturated heterocycles. The quantitative estimate of drug-likeness (QED) is 0.283. The van der Waals surface area contributed by atoms with Gasteiger partial charge < -0.3 is 28.8 Å². The van der Waals surface area contributed by atoms with Crippen molar-refractivity contribution in [3.8, 4) is 23.0 Å². The minimum Gasteiger partial charge on any atom is -0.497 e. The molecule has 2 atom stereocenters. The Labute approximate surface area is 209 Å². The summed E-state index contributed by atoms with van der Waals surface area (Å²) in [6.07, 6.45) is -1.28. The summed E-state index contributed by atoms with van der Waals surface area (Å²) in [5.41, 5.74) is 2.23. The number of hydrogen-bond acceptors (Lipinski definition) is 7. The molecule has 0 aliphatic rings. The molecule has 8 nitrogen and oxygen atoms in total. The molecule has 0 bridgehead atoms. The van der Waals surface area contributed by atoms with Crippen LogP contribution in [0.1, 0.15) is 29.5 Å². The minimum atomic E-state index is -1.37. The maximum absolute atomic E-state index is 11.4. The Morgan fingerprint density at radius 1 is 1.03 bits per heavy atom. The lowest BCUT2D eigenvalue weighted by atomic mass is 9.96. The fourth-order valence-electron chi connectivity index (χ4n) is 4.15. The van der Waals surface area contributed by atoms with E-state index in [0.717, 1.165) is 34.6 Å². The number of carboxylic acids is 1. The number of nitrogens with zero attached hydrogens (tertiary/aromatic N) is 1. The van der Waals surface area contributed by atoms with Gasteiger partial charge in [0.2, 0.25) is 5.89 Å². The molecule has 0 amide bonds. The van der Waals surface area contributed by atoms with Gasteiger partial charge in [0.15, 0.2) is 6.10 Å². The lowest BCUT2D eigenvalue weighted by Crippen LogP contribution is -2.29. The molecule has 0 aliphatic carbocycles. The highest BCUT2D eigenvalue weighted by Gasteiger charge is 2.29. The SMILES string of the molecule is COc1ccc(-c2nc(CCCOc3ccc(C(O)C(OC)C(=O)O)c4ccccc34)c(C)o2)cc1. The van der Waals surface area contributed by atoms with Crippen molar-refractivity contribution in [1.82, 2.24) is 4.98 Å². The largest absolute Gasteiger partial charge is 0.497 e. The van der Waals surface area contributed by atoms with Crippen LogP contribution in [0.4, 0.5) is 0 Å². The predicted molar refractivity (Wildman–Crippen MR) is 134 cm³/mol. The smallest absolute Gasteiger partial charge is 0.335 e. The number of oxazole rings is 1. The summed E-state index contributed by atoms with van der Waals surface area (Å²) >= 11 is 0. The first kappa shape index (κ1) is 25.2. The third-order valence-corrected chi connectivity index (χ3v) is 6.07. The molecule has 1 heterocycles. The van der Waals surface area contributed by atoms with Gasteiger partial charge in [-0.3, -0.25) is 0 Å². The Balaban J connectivity index is 1.43. The average molecular weight is 492 g/mol. The number of ether oxygens (including phenoxy) is 3. The summed E-state index contributed by atoms with van der Waals surface area (Å²) in [6, 6.07) is 18.4. The molecule has 4 rings (SSSR count). The van der Waals surface area contributed by atoms with E-state index in [1.54, 1.807) is 19.2 Å². The number of aliphatic hydroxyl groups excluding tert-OH is 1. The molecule has 8 heteroatoms. The normalized spacial score (nSPS) is 12.9. The summed E-state index contributed by atoms with van der Waals surface area (Å²) in [4.78, 5) is 16.1. The Hall–Kier alpha value is -3.88. The molecular weight excluding hydrogens is 462 g/mol. The number of hydrogen-bond donors (Lipinski definition) is 2. The summed E-state index contributed by atoms with van der Waals surface area (Å²) in [5, 5.41) is 21.5. The van der Waals surface area contributed by atoms with E-state index < -0.39 is 18.2 Å². The number of aliphatic hydroxyl groups is 1. The van der Waals surface area contributed by atoms with E-state index in [4.69, 9.17) is 18.6 Å².